The van der Waals surface area contributed by atoms with Gasteiger partial charge in [0.05, 0.1) is 32.4 Å². The number of unbranched alkanes of at least 4 members (excludes halogenated alkanes) is 2. The number of hydrogen-bond acceptors (Lipinski definition) is 11. The smallest absolute Gasteiger partial charge is 0.296 e. The molecule has 13 heteroatoms. The van der Waals surface area contributed by atoms with Crippen LogP contribution in [0.5, 0.6) is 17.2 Å². The first-order valence-electron chi connectivity index (χ1n) is 15.2. The first kappa shape index (κ1) is 33.4. The quantitative estimate of drug-likeness (QED) is 0.0520. The number of carbonyl (C=O) groups excluding carboxylic acids is 2. The summed E-state index contributed by atoms with van der Waals surface area (Å²) in [5.74, 6) is -0.231. The minimum Gasteiger partial charge on any atom is -0.503 e. The molecule has 0 fully saturated rings. The minimum atomic E-state index is -1.08. The Morgan fingerprint density at radius 2 is 1.81 bits per heavy atom. The summed E-state index contributed by atoms with van der Waals surface area (Å²) in [4.78, 5) is 29.3. The van der Waals surface area contributed by atoms with Gasteiger partial charge >= 0.3 is 0 Å². The molecule has 0 bridgehead atoms. The second kappa shape index (κ2) is 14.7. The number of nitrogens with zero attached hydrogens (tertiary/aromatic N) is 3. The van der Waals surface area contributed by atoms with Gasteiger partial charge in [-0.1, -0.05) is 84.8 Å². The van der Waals surface area contributed by atoms with Crippen LogP contribution in [0.1, 0.15) is 53.9 Å². The number of ketones is 1. The number of halogens is 1. The van der Waals surface area contributed by atoms with Crippen LogP contribution in [0, 0.1) is 0 Å². The lowest BCUT2D eigenvalue weighted by Crippen LogP contribution is -2.31. The molecule has 1 unspecified atom stereocenters. The Bertz CT molecular complexity index is 1990. The predicted octanol–water partition coefficient (Wildman–Crippen LogP) is 8.60. The van der Waals surface area contributed by atoms with Gasteiger partial charge in [-0.05, 0) is 53.9 Å². The van der Waals surface area contributed by atoms with Crippen molar-refractivity contribution in [3.63, 3.8) is 0 Å². The van der Waals surface area contributed by atoms with E-state index in [0.29, 0.717) is 55.5 Å². The molecule has 1 amide bonds. The van der Waals surface area contributed by atoms with E-state index in [1.807, 2.05) is 24.3 Å². The van der Waals surface area contributed by atoms with Gasteiger partial charge in [0.25, 0.3) is 5.91 Å². The zero-order chi connectivity index (χ0) is 33.8. The van der Waals surface area contributed by atoms with Crippen LogP contribution in [0.3, 0.4) is 0 Å². The number of aliphatic hydroxyl groups excluding tert-OH is 1. The van der Waals surface area contributed by atoms with Gasteiger partial charge in [-0.15, -0.1) is 10.2 Å². The number of hydrogen-bond donors (Lipinski definition) is 1. The van der Waals surface area contributed by atoms with Crippen molar-refractivity contribution < 1.29 is 33.3 Å². The van der Waals surface area contributed by atoms with Crippen LogP contribution >= 0.6 is 34.7 Å². The second-order valence-electron chi connectivity index (χ2n) is 10.9. The number of para-hydroxylation sites is 1. The zero-order valence-electron chi connectivity index (χ0n) is 26.4. The number of methoxy groups -OCH3 is 2. The normalized spacial score (nSPS) is 14.6. The Morgan fingerprint density at radius 1 is 1.02 bits per heavy atom. The van der Waals surface area contributed by atoms with Crippen LogP contribution in [-0.2, 0) is 10.5 Å². The van der Waals surface area contributed by atoms with Gasteiger partial charge in [0.15, 0.2) is 38.7 Å². The van der Waals surface area contributed by atoms with E-state index in [1.54, 1.807) is 42.5 Å². The highest BCUT2D eigenvalue weighted by Crippen LogP contribution is 2.46. The lowest BCUT2D eigenvalue weighted by Gasteiger charge is -2.24. The van der Waals surface area contributed by atoms with E-state index < -0.39 is 23.5 Å². The molecule has 3 aromatic carbocycles. The molecule has 48 heavy (non-hydrogen) atoms. The number of amides is 1. The summed E-state index contributed by atoms with van der Waals surface area (Å²) in [6.07, 6.45) is 2.98. The maximum Gasteiger partial charge on any atom is 0.296 e. The lowest BCUT2D eigenvalue weighted by molar-refractivity contribution is -0.117. The molecule has 1 aliphatic rings. The van der Waals surface area contributed by atoms with E-state index in [1.165, 1.54) is 42.2 Å². The molecule has 248 valence electrons. The fourth-order valence-corrected chi connectivity index (χ4v) is 7.33. The van der Waals surface area contributed by atoms with Crippen molar-refractivity contribution in [2.75, 3.05) is 25.7 Å². The average molecular weight is 706 g/mol. The summed E-state index contributed by atoms with van der Waals surface area (Å²) in [6, 6.07) is 18.4. The number of Topliss-reactive ketones (excluding diaryl/α,β-unsaturated/α-hetero) is 1. The van der Waals surface area contributed by atoms with Gasteiger partial charge in [0, 0.05) is 16.2 Å². The van der Waals surface area contributed by atoms with Crippen molar-refractivity contribution >= 4 is 62.5 Å². The number of thioether (sulfide) groups is 1. The van der Waals surface area contributed by atoms with Crippen LogP contribution in [0.25, 0.3) is 11.0 Å². The van der Waals surface area contributed by atoms with Gasteiger partial charge in [0.2, 0.25) is 10.9 Å². The van der Waals surface area contributed by atoms with E-state index in [-0.39, 0.29) is 16.5 Å². The van der Waals surface area contributed by atoms with Crippen LogP contribution in [0.2, 0.25) is 5.02 Å². The third kappa shape index (κ3) is 6.73. The number of aromatic nitrogens is 2. The second-order valence-corrected chi connectivity index (χ2v) is 13.5. The van der Waals surface area contributed by atoms with Crippen molar-refractivity contribution in [3.05, 3.63) is 100.0 Å². The molecular weight excluding hydrogens is 674 g/mol. The molecular formula is C35H32ClN3O7S2. The van der Waals surface area contributed by atoms with Crippen molar-refractivity contribution in [3.8, 4) is 17.2 Å². The van der Waals surface area contributed by atoms with Crippen LogP contribution in [0.15, 0.2) is 86.8 Å². The Labute approximate surface area is 290 Å². The van der Waals surface area contributed by atoms with Gasteiger partial charge < -0.3 is 23.7 Å². The summed E-state index contributed by atoms with van der Waals surface area (Å²) in [6.45, 7) is 2.63. The highest BCUT2D eigenvalue weighted by molar-refractivity contribution is 8.00. The molecule has 0 saturated heterocycles. The van der Waals surface area contributed by atoms with Crippen molar-refractivity contribution in [1.82, 2.24) is 10.2 Å². The summed E-state index contributed by atoms with van der Waals surface area (Å²) in [5.41, 5.74) is 1.74. The average Bonchev–Trinajstić information content (AvgIpc) is 3.82. The van der Waals surface area contributed by atoms with Crippen molar-refractivity contribution in [1.29, 1.82) is 0 Å². The number of fused-ring (bicyclic) bond motifs is 1. The molecule has 0 radical (unpaired) electrons. The number of aliphatic hydroxyl groups is 1. The summed E-state index contributed by atoms with van der Waals surface area (Å²) >= 11 is 8.65. The number of rotatable bonds is 14. The molecule has 1 aliphatic heterocycles. The SMILES string of the molecule is CCCCCOc1ccc(C2C(C(=O)c3cc4cccc(OC)c4o3)=C(O)C(=O)N2c2nnc(SCc3ccc(Cl)cc3)s2)cc1OC. The lowest BCUT2D eigenvalue weighted by atomic mass is 9.95. The molecule has 3 heterocycles. The minimum absolute atomic E-state index is 0.0602. The topological polar surface area (TPSA) is 124 Å². The van der Waals surface area contributed by atoms with Gasteiger partial charge in [-0.2, -0.15) is 0 Å². The number of anilines is 1. The molecule has 0 saturated carbocycles. The van der Waals surface area contributed by atoms with Crippen LogP contribution in [0.4, 0.5) is 5.13 Å². The Balaban J connectivity index is 1.37. The third-order valence-electron chi connectivity index (χ3n) is 7.79. The highest BCUT2D eigenvalue weighted by Gasteiger charge is 2.47. The molecule has 1 N–H and O–H groups in total. The largest absolute Gasteiger partial charge is 0.503 e. The van der Waals surface area contributed by atoms with E-state index >= 15 is 0 Å². The molecule has 1 atom stereocenters. The fraction of sp³-hybridized carbons (Fsp3) is 0.257. The maximum atomic E-state index is 14.2. The Hall–Kier alpha value is -4.52. The van der Waals surface area contributed by atoms with Gasteiger partial charge in [0.1, 0.15) is 0 Å². The molecule has 5 aromatic rings. The molecule has 0 spiro atoms. The van der Waals surface area contributed by atoms with E-state index in [9.17, 15) is 14.7 Å². The number of carbonyl (C=O) groups is 2. The number of ether oxygens (including phenoxy) is 3. The fourth-order valence-electron chi connectivity index (χ4n) is 5.38. The number of benzene rings is 3. The number of furan rings is 1. The first-order valence-corrected chi connectivity index (χ1v) is 17.4. The Kier molecular flexibility index (Phi) is 10.2. The van der Waals surface area contributed by atoms with Crippen LogP contribution < -0.4 is 19.1 Å². The third-order valence-corrected chi connectivity index (χ3v) is 10.2. The van der Waals surface area contributed by atoms with Crippen LogP contribution in [-0.4, -0.2) is 47.8 Å². The van der Waals surface area contributed by atoms with E-state index in [2.05, 4.69) is 17.1 Å². The highest BCUT2D eigenvalue weighted by atomic mass is 35.5. The standard InChI is InChI=1S/C35H32ClN3O7S2/c1-4-5-6-16-45-24-15-12-21(17-26(24)44-3)29-28(30(40)27-18-22-8-7-9-25(43-2)32(22)46-27)31(41)33(42)39(29)34-37-38-35(48-34)47-19-20-10-13-23(36)14-11-20/h7-15,17-18,29,41H,4-6,16,19H2,1-3H3. The predicted molar refractivity (Wildman–Crippen MR) is 186 cm³/mol. The molecule has 6 rings (SSSR count). The summed E-state index contributed by atoms with van der Waals surface area (Å²) < 4.78 is 23.6. The maximum absolute atomic E-state index is 14.2. The summed E-state index contributed by atoms with van der Waals surface area (Å²) in [5, 5.41) is 21.4. The Morgan fingerprint density at radius 3 is 2.56 bits per heavy atom. The molecule has 2 aromatic heterocycles. The monoisotopic (exact) mass is 705 g/mol. The van der Waals surface area contributed by atoms with Crippen molar-refractivity contribution in [2.24, 2.45) is 0 Å². The van der Waals surface area contributed by atoms with Gasteiger partial charge in [-0.3, -0.25) is 14.5 Å². The summed E-state index contributed by atoms with van der Waals surface area (Å²) in [7, 11) is 3.02. The van der Waals surface area contributed by atoms with Gasteiger partial charge in [-0.25, -0.2) is 0 Å². The zero-order valence-corrected chi connectivity index (χ0v) is 28.8. The first-order chi connectivity index (χ1) is 23.3. The molecule has 10 nitrogen and oxygen atoms in total. The molecule has 0 aliphatic carbocycles. The van der Waals surface area contributed by atoms with E-state index in [4.69, 9.17) is 30.2 Å². The van der Waals surface area contributed by atoms with E-state index in [0.717, 1.165) is 24.8 Å². The van der Waals surface area contributed by atoms with Crippen molar-refractivity contribution in [2.45, 2.75) is 42.3 Å².